The fraction of sp³-hybridized carbons (Fsp3) is 0.111. The minimum atomic E-state index is -0.128. The quantitative estimate of drug-likeness (QED) is 0.499. The lowest BCUT2D eigenvalue weighted by molar-refractivity contribution is 0.104. The second-order valence-corrected chi connectivity index (χ2v) is 5.59. The number of ether oxygens (including phenoxy) is 1. The van der Waals surface area contributed by atoms with E-state index in [1.165, 1.54) is 12.3 Å². The maximum absolute atomic E-state index is 12.0. The first-order valence-corrected chi connectivity index (χ1v) is 7.66. The summed E-state index contributed by atoms with van der Waals surface area (Å²) in [6.07, 6.45) is 6.27. The number of hydrogen-bond donors (Lipinski definition) is 0. The zero-order chi connectivity index (χ0) is 16.9. The van der Waals surface area contributed by atoms with Crippen LogP contribution in [0.15, 0.2) is 59.3 Å². The highest BCUT2D eigenvalue weighted by atomic mass is 35.5. The number of allylic oxidation sites excluding steroid dienone is 1. The van der Waals surface area contributed by atoms with E-state index in [0.717, 1.165) is 0 Å². The minimum absolute atomic E-state index is 0.128. The molecule has 0 aliphatic carbocycles. The lowest BCUT2D eigenvalue weighted by atomic mass is 10.2. The van der Waals surface area contributed by atoms with E-state index in [4.69, 9.17) is 20.8 Å². The molecule has 0 unspecified atom stereocenters. The molecule has 0 aliphatic rings. The van der Waals surface area contributed by atoms with Crippen molar-refractivity contribution in [1.29, 1.82) is 0 Å². The predicted molar refractivity (Wildman–Crippen MR) is 91.1 cm³/mol. The second kappa shape index (κ2) is 7.19. The van der Waals surface area contributed by atoms with Gasteiger partial charge in [0, 0.05) is 18.3 Å². The number of aryl methyl sites for hydroxylation is 1. The summed E-state index contributed by atoms with van der Waals surface area (Å²) in [4.78, 5) is 12.0. The number of benzene rings is 1. The highest BCUT2D eigenvalue weighted by Crippen LogP contribution is 2.19. The topological polar surface area (TPSA) is 57.3 Å². The molecule has 2 heterocycles. The Labute approximate surface area is 144 Å². The molecule has 1 aromatic carbocycles. The van der Waals surface area contributed by atoms with Crippen LogP contribution in [-0.2, 0) is 13.7 Å². The SMILES string of the molecule is Cn1cc(C(=O)/C=C/c2ccc(COc3cccc(Cl)c3)o2)cn1. The molecule has 0 N–H and O–H groups in total. The summed E-state index contributed by atoms with van der Waals surface area (Å²) in [5, 5.41) is 4.58. The highest BCUT2D eigenvalue weighted by molar-refractivity contribution is 6.30. The second-order valence-electron chi connectivity index (χ2n) is 5.15. The van der Waals surface area contributed by atoms with Crippen molar-refractivity contribution in [3.63, 3.8) is 0 Å². The van der Waals surface area contributed by atoms with E-state index in [9.17, 15) is 4.79 Å². The smallest absolute Gasteiger partial charge is 0.189 e. The normalized spacial score (nSPS) is 11.1. The fourth-order valence-corrected chi connectivity index (χ4v) is 2.26. The number of carbonyl (C=O) groups excluding carboxylic acids is 1. The molecule has 2 aromatic heterocycles. The molecule has 3 aromatic rings. The monoisotopic (exact) mass is 342 g/mol. The lowest BCUT2D eigenvalue weighted by Gasteiger charge is -2.03. The van der Waals surface area contributed by atoms with Gasteiger partial charge in [-0.1, -0.05) is 17.7 Å². The molecule has 0 fully saturated rings. The molecule has 0 radical (unpaired) electrons. The third-order valence-electron chi connectivity index (χ3n) is 3.25. The number of aromatic nitrogens is 2. The molecule has 6 heteroatoms. The van der Waals surface area contributed by atoms with Crippen molar-refractivity contribution in [3.8, 4) is 5.75 Å². The van der Waals surface area contributed by atoms with Crippen LogP contribution in [0.25, 0.3) is 6.08 Å². The van der Waals surface area contributed by atoms with E-state index in [1.807, 2.05) is 12.1 Å². The van der Waals surface area contributed by atoms with Crippen LogP contribution >= 0.6 is 11.6 Å². The van der Waals surface area contributed by atoms with E-state index in [1.54, 1.807) is 48.3 Å². The molecule has 0 amide bonds. The van der Waals surface area contributed by atoms with Crippen molar-refractivity contribution in [3.05, 3.63) is 77.0 Å². The minimum Gasteiger partial charge on any atom is -0.486 e. The van der Waals surface area contributed by atoms with Crippen LogP contribution in [0.1, 0.15) is 21.9 Å². The van der Waals surface area contributed by atoms with Crippen LogP contribution < -0.4 is 4.74 Å². The number of hydrogen-bond acceptors (Lipinski definition) is 4. The van der Waals surface area contributed by atoms with Gasteiger partial charge in [0.05, 0.1) is 11.8 Å². The van der Waals surface area contributed by atoms with Crippen molar-refractivity contribution in [2.75, 3.05) is 0 Å². The Morgan fingerprint density at radius 3 is 3.00 bits per heavy atom. The van der Waals surface area contributed by atoms with Gasteiger partial charge in [-0.15, -0.1) is 0 Å². The molecule has 24 heavy (non-hydrogen) atoms. The first-order chi connectivity index (χ1) is 11.6. The molecule has 0 saturated carbocycles. The molecule has 122 valence electrons. The van der Waals surface area contributed by atoms with E-state index < -0.39 is 0 Å². The zero-order valence-corrected chi connectivity index (χ0v) is 13.7. The first-order valence-electron chi connectivity index (χ1n) is 7.28. The Morgan fingerprint density at radius 2 is 2.25 bits per heavy atom. The van der Waals surface area contributed by atoms with E-state index >= 15 is 0 Å². The van der Waals surface area contributed by atoms with Gasteiger partial charge < -0.3 is 9.15 Å². The standard InChI is InChI=1S/C18H15ClN2O3/c1-21-11-13(10-20-21)18(22)8-7-15-5-6-17(24-15)12-23-16-4-2-3-14(19)9-16/h2-11H,12H2,1H3/b8-7+. The van der Waals surface area contributed by atoms with Gasteiger partial charge in [-0.05, 0) is 42.5 Å². The Morgan fingerprint density at radius 1 is 1.38 bits per heavy atom. The number of ketones is 1. The third-order valence-corrected chi connectivity index (χ3v) is 3.48. The third kappa shape index (κ3) is 4.14. The number of nitrogens with zero attached hydrogens (tertiary/aromatic N) is 2. The summed E-state index contributed by atoms with van der Waals surface area (Å²) in [7, 11) is 1.76. The van der Waals surface area contributed by atoms with Crippen LogP contribution in [0.5, 0.6) is 5.75 Å². The number of halogens is 1. The first kappa shape index (κ1) is 16.1. The predicted octanol–water partition coefficient (Wildman–Crippen LogP) is 4.14. The van der Waals surface area contributed by atoms with Gasteiger partial charge >= 0.3 is 0 Å². The summed E-state index contributed by atoms with van der Waals surface area (Å²) >= 11 is 5.90. The van der Waals surface area contributed by atoms with E-state index in [-0.39, 0.29) is 12.4 Å². The van der Waals surface area contributed by atoms with Crippen LogP contribution in [0.3, 0.4) is 0 Å². The van der Waals surface area contributed by atoms with Crippen LogP contribution in [-0.4, -0.2) is 15.6 Å². The molecule has 0 bridgehead atoms. The Hall–Kier alpha value is -2.79. The molecule has 0 aliphatic heterocycles. The van der Waals surface area contributed by atoms with E-state index in [0.29, 0.717) is 27.9 Å². The molecular formula is C18H15ClN2O3. The van der Waals surface area contributed by atoms with Gasteiger partial charge in [-0.2, -0.15) is 5.10 Å². The van der Waals surface area contributed by atoms with Crippen molar-refractivity contribution < 1.29 is 13.9 Å². The summed E-state index contributed by atoms with van der Waals surface area (Å²) in [6, 6.07) is 10.7. The molecule has 0 saturated heterocycles. The van der Waals surface area contributed by atoms with E-state index in [2.05, 4.69) is 5.10 Å². The number of furan rings is 1. The van der Waals surface area contributed by atoms with Crippen LogP contribution in [0, 0.1) is 0 Å². The fourth-order valence-electron chi connectivity index (χ4n) is 2.08. The molecule has 0 spiro atoms. The van der Waals surface area contributed by atoms with Gasteiger partial charge in [-0.25, -0.2) is 0 Å². The average Bonchev–Trinajstić information content (AvgIpc) is 3.20. The average molecular weight is 343 g/mol. The van der Waals surface area contributed by atoms with Gasteiger partial charge in [0.1, 0.15) is 23.9 Å². The number of carbonyl (C=O) groups is 1. The van der Waals surface area contributed by atoms with Crippen molar-refractivity contribution >= 4 is 23.5 Å². The summed E-state index contributed by atoms with van der Waals surface area (Å²) in [6.45, 7) is 0.282. The van der Waals surface area contributed by atoms with Crippen molar-refractivity contribution in [1.82, 2.24) is 9.78 Å². The summed E-state index contributed by atoms with van der Waals surface area (Å²) in [5.41, 5.74) is 0.532. The van der Waals surface area contributed by atoms with Gasteiger partial charge in [0.15, 0.2) is 5.78 Å². The molecular weight excluding hydrogens is 328 g/mol. The zero-order valence-electron chi connectivity index (χ0n) is 13.0. The van der Waals surface area contributed by atoms with Gasteiger partial charge in [-0.3, -0.25) is 9.48 Å². The molecule has 3 rings (SSSR count). The van der Waals surface area contributed by atoms with Gasteiger partial charge in [0.2, 0.25) is 0 Å². The maximum atomic E-state index is 12.0. The van der Waals surface area contributed by atoms with Crippen LogP contribution in [0.4, 0.5) is 0 Å². The molecule has 5 nitrogen and oxygen atoms in total. The van der Waals surface area contributed by atoms with Crippen molar-refractivity contribution in [2.45, 2.75) is 6.61 Å². The Balaban J connectivity index is 1.59. The lowest BCUT2D eigenvalue weighted by Crippen LogP contribution is -1.93. The van der Waals surface area contributed by atoms with Gasteiger partial charge in [0.25, 0.3) is 0 Å². The number of rotatable bonds is 6. The Bertz CT molecular complexity index is 880. The van der Waals surface area contributed by atoms with Crippen molar-refractivity contribution in [2.24, 2.45) is 7.05 Å². The summed E-state index contributed by atoms with van der Waals surface area (Å²) in [5.74, 6) is 1.78. The summed E-state index contributed by atoms with van der Waals surface area (Å²) < 4.78 is 12.8. The largest absolute Gasteiger partial charge is 0.486 e. The maximum Gasteiger partial charge on any atom is 0.189 e. The Kier molecular flexibility index (Phi) is 4.82. The molecule has 0 atom stereocenters. The van der Waals surface area contributed by atoms with Crippen LogP contribution in [0.2, 0.25) is 5.02 Å². The highest BCUT2D eigenvalue weighted by Gasteiger charge is 2.05.